The highest BCUT2D eigenvalue weighted by molar-refractivity contribution is 5.29. The Morgan fingerprint density at radius 1 is 1.40 bits per heavy atom. The first kappa shape index (κ1) is 12.0. The summed E-state index contributed by atoms with van der Waals surface area (Å²) in [5.74, 6) is 0.588. The summed E-state index contributed by atoms with van der Waals surface area (Å²) in [4.78, 5) is 6.54. The maximum absolute atomic E-state index is 5.55. The highest BCUT2D eigenvalue weighted by atomic mass is 15.1. The second kappa shape index (κ2) is 5.71. The first-order valence-corrected chi connectivity index (χ1v) is 5.61. The lowest BCUT2D eigenvalue weighted by Gasteiger charge is -2.26. The maximum Gasteiger partial charge on any atom is 0.123 e. The highest BCUT2D eigenvalue weighted by Crippen LogP contribution is 2.10. The Kier molecular flexibility index (Phi) is 4.56. The van der Waals surface area contributed by atoms with Crippen LogP contribution in [0.2, 0.25) is 0 Å². The van der Waals surface area contributed by atoms with E-state index in [1.54, 1.807) is 0 Å². The number of hydrogen-bond acceptors (Lipinski definition) is 3. The van der Waals surface area contributed by atoms with Crippen molar-refractivity contribution in [1.82, 2.24) is 9.88 Å². The summed E-state index contributed by atoms with van der Waals surface area (Å²) in [6.07, 6.45) is 3.04. The lowest BCUT2D eigenvalue weighted by Crippen LogP contribution is -2.31. The van der Waals surface area contributed by atoms with Crippen LogP contribution in [0.3, 0.4) is 0 Å². The fraction of sp³-hybridized carbons (Fsp3) is 0.583. The number of nitrogens with two attached hydrogens (primary N) is 1. The van der Waals surface area contributed by atoms with Crippen molar-refractivity contribution in [2.45, 2.75) is 39.8 Å². The molecule has 0 aliphatic rings. The summed E-state index contributed by atoms with van der Waals surface area (Å²) in [6.45, 7) is 8.69. The summed E-state index contributed by atoms with van der Waals surface area (Å²) in [7, 11) is 0. The zero-order valence-electron chi connectivity index (χ0n) is 9.90. The first-order chi connectivity index (χ1) is 7.17. The van der Waals surface area contributed by atoms with Crippen LogP contribution in [0.15, 0.2) is 18.3 Å². The molecule has 2 N–H and O–H groups in total. The van der Waals surface area contributed by atoms with Crippen molar-refractivity contribution in [3.05, 3.63) is 23.9 Å². The largest absolute Gasteiger partial charge is 0.384 e. The molecule has 0 aliphatic heterocycles. The highest BCUT2D eigenvalue weighted by Gasteiger charge is 2.10. The normalized spacial score (nSPS) is 13.1. The zero-order valence-corrected chi connectivity index (χ0v) is 9.90. The average molecular weight is 207 g/mol. The molecule has 0 saturated carbocycles. The van der Waals surface area contributed by atoms with Crippen LogP contribution in [0, 0.1) is 0 Å². The van der Waals surface area contributed by atoms with Gasteiger partial charge in [0, 0.05) is 18.8 Å². The van der Waals surface area contributed by atoms with E-state index in [1.807, 2.05) is 18.3 Å². The van der Waals surface area contributed by atoms with Gasteiger partial charge in [-0.1, -0.05) is 19.9 Å². The lowest BCUT2D eigenvalue weighted by molar-refractivity contribution is 0.206. The topological polar surface area (TPSA) is 42.1 Å². The standard InChI is InChI=1S/C12H21N3/c1-4-10(3)15(5-2)9-11-6-7-12(13)14-8-11/h6-8,10H,4-5,9H2,1-3H3,(H2,13,14). The van der Waals surface area contributed by atoms with Gasteiger partial charge in [-0.15, -0.1) is 0 Å². The van der Waals surface area contributed by atoms with Crippen molar-refractivity contribution in [1.29, 1.82) is 0 Å². The molecule has 0 spiro atoms. The number of rotatable bonds is 5. The van der Waals surface area contributed by atoms with E-state index in [9.17, 15) is 0 Å². The number of anilines is 1. The monoisotopic (exact) mass is 207 g/mol. The number of nitrogens with zero attached hydrogens (tertiary/aromatic N) is 2. The molecule has 1 atom stereocenters. The van der Waals surface area contributed by atoms with Gasteiger partial charge in [-0.2, -0.15) is 0 Å². The fourth-order valence-electron chi connectivity index (χ4n) is 1.60. The molecule has 1 aromatic rings. The van der Waals surface area contributed by atoms with Crippen LogP contribution >= 0.6 is 0 Å². The number of nitrogen functional groups attached to an aromatic ring is 1. The Labute approximate surface area is 92.3 Å². The molecule has 3 nitrogen and oxygen atoms in total. The molecule has 0 fully saturated rings. The van der Waals surface area contributed by atoms with Gasteiger partial charge in [0.2, 0.25) is 0 Å². The Hall–Kier alpha value is -1.09. The molecular weight excluding hydrogens is 186 g/mol. The predicted molar refractivity (Wildman–Crippen MR) is 64.5 cm³/mol. The Morgan fingerprint density at radius 3 is 2.60 bits per heavy atom. The van der Waals surface area contributed by atoms with E-state index in [-0.39, 0.29) is 0 Å². The number of aromatic nitrogens is 1. The van der Waals surface area contributed by atoms with Gasteiger partial charge in [0.05, 0.1) is 0 Å². The first-order valence-electron chi connectivity index (χ1n) is 5.61. The minimum atomic E-state index is 0.588. The number of pyridine rings is 1. The quantitative estimate of drug-likeness (QED) is 0.805. The smallest absolute Gasteiger partial charge is 0.123 e. The van der Waals surface area contributed by atoms with Gasteiger partial charge >= 0.3 is 0 Å². The molecule has 1 unspecified atom stereocenters. The minimum absolute atomic E-state index is 0.588. The van der Waals surface area contributed by atoms with Crippen molar-refractivity contribution < 1.29 is 0 Å². The molecule has 0 bridgehead atoms. The summed E-state index contributed by atoms with van der Waals surface area (Å²) in [6, 6.07) is 4.53. The molecule has 15 heavy (non-hydrogen) atoms. The van der Waals surface area contributed by atoms with Gasteiger partial charge in [0.1, 0.15) is 5.82 Å². The average Bonchev–Trinajstić information content (AvgIpc) is 2.27. The van der Waals surface area contributed by atoms with Crippen molar-refractivity contribution in [2.75, 3.05) is 12.3 Å². The van der Waals surface area contributed by atoms with E-state index in [1.165, 1.54) is 12.0 Å². The van der Waals surface area contributed by atoms with E-state index in [4.69, 9.17) is 5.73 Å². The van der Waals surface area contributed by atoms with Gasteiger partial charge in [0.25, 0.3) is 0 Å². The van der Waals surface area contributed by atoms with Gasteiger partial charge < -0.3 is 5.73 Å². The number of hydrogen-bond donors (Lipinski definition) is 1. The van der Waals surface area contributed by atoms with E-state index < -0.39 is 0 Å². The van der Waals surface area contributed by atoms with Crippen LogP contribution in [-0.4, -0.2) is 22.5 Å². The van der Waals surface area contributed by atoms with Crippen molar-refractivity contribution in [2.24, 2.45) is 0 Å². The second-order valence-electron chi connectivity index (χ2n) is 3.91. The van der Waals surface area contributed by atoms with E-state index in [0.717, 1.165) is 13.1 Å². The van der Waals surface area contributed by atoms with Crippen LogP contribution < -0.4 is 5.73 Å². The lowest BCUT2D eigenvalue weighted by atomic mass is 10.2. The summed E-state index contributed by atoms with van der Waals surface area (Å²) < 4.78 is 0. The second-order valence-corrected chi connectivity index (χ2v) is 3.91. The Bertz CT molecular complexity index is 281. The molecule has 1 rings (SSSR count). The molecular formula is C12H21N3. The molecule has 0 amide bonds. The molecule has 0 aromatic carbocycles. The molecule has 1 aromatic heterocycles. The molecule has 0 aliphatic carbocycles. The van der Waals surface area contributed by atoms with E-state index in [2.05, 4.69) is 30.7 Å². The maximum atomic E-state index is 5.55. The molecule has 84 valence electrons. The van der Waals surface area contributed by atoms with Crippen LogP contribution in [-0.2, 0) is 6.54 Å². The van der Waals surface area contributed by atoms with Crippen LogP contribution in [0.4, 0.5) is 5.82 Å². The Balaban J connectivity index is 2.62. The zero-order chi connectivity index (χ0) is 11.3. The minimum Gasteiger partial charge on any atom is -0.384 e. The third kappa shape index (κ3) is 3.51. The third-order valence-corrected chi connectivity index (χ3v) is 2.85. The van der Waals surface area contributed by atoms with Crippen molar-refractivity contribution >= 4 is 5.82 Å². The molecule has 3 heteroatoms. The summed E-state index contributed by atoms with van der Waals surface area (Å²) in [5, 5.41) is 0. The molecule has 0 radical (unpaired) electrons. The van der Waals surface area contributed by atoms with Crippen LogP contribution in [0.1, 0.15) is 32.8 Å². The Morgan fingerprint density at radius 2 is 2.13 bits per heavy atom. The van der Waals surface area contributed by atoms with Gasteiger partial charge in [-0.05, 0) is 31.5 Å². The summed E-state index contributed by atoms with van der Waals surface area (Å²) >= 11 is 0. The SMILES string of the molecule is CCC(C)N(CC)Cc1ccc(N)nc1. The third-order valence-electron chi connectivity index (χ3n) is 2.85. The van der Waals surface area contributed by atoms with E-state index >= 15 is 0 Å². The fourth-order valence-corrected chi connectivity index (χ4v) is 1.60. The molecule has 0 saturated heterocycles. The van der Waals surface area contributed by atoms with E-state index in [0.29, 0.717) is 11.9 Å². The van der Waals surface area contributed by atoms with Gasteiger partial charge in [-0.25, -0.2) is 4.98 Å². The van der Waals surface area contributed by atoms with Gasteiger partial charge in [0.15, 0.2) is 0 Å². The van der Waals surface area contributed by atoms with Crippen LogP contribution in [0.5, 0.6) is 0 Å². The summed E-state index contributed by atoms with van der Waals surface area (Å²) in [5.41, 5.74) is 6.78. The van der Waals surface area contributed by atoms with Crippen LogP contribution in [0.25, 0.3) is 0 Å². The van der Waals surface area contributed by atoms with Crippen molar-refractivity contribution in [3.63, 3.8) is 0 Å². The van der Waals surface area contributed by atoms with Crippen molar-refractivity contribution in [3.8, 4) is 0 Å². The predicted octanol–water partition coefficient (Wildman–Crippen LogP) is 2.28. The van der Waals surface area contributed by atoms with Gasteiger partial charge in [-0.3, -0.25) is 4.90 Å². The molecule has 1 heterocycles.